The maximum atomic E-state index is 13.3. The predicted octanol–water partition coefficient (Wildman–Crippen LogP) is 2.53. The van der Waals surface area contributed by atoms with Crippen LogP contribution in [-0.4, -0.2) is 58.7 Å². The molecular formula is C22H29N3O5S. The van der Waals surface area contributed by atoms with Gasteiger partial charge in [-0.05, 0) is 37.7 Å². The summed E-state index contributed by atoms with van der Waals surface area (Å²) in [5, 5.41) is 21.4. The van der Waals surface area contributed by atoms with Crippen LogP contribution in [0.3, 0.4) is 0 Å². The smallest absolute Gasteiger partial charge is 0.248 e. The van der Waals surface area contributed by atoms with E-state index in [2.05, 4.69) is 0 Å². The number of amides is 3. The normalized spacial score (nSPS) is 15.6. The first-order valence-corrected chi connectivity index (χ1v) is 11.4. The molecule has 3 N–H and O–H groups in total. The minimum atomic E-state index is -0.958. The van der Waals surface area contributed by atoms with Crippen molar-refractivity contribution >= 4 is 44.8 Å². The molecule has 2 aromatic rings. The second-order valence-electron chi connectivity index (χ2n) is 7.90. The molecule has 31 heavy (non-hydrogen) atoms. The predicted molar refractivity (Wildman–Crippen MR) is 119 cm³/mol. The van der Waals surface area contributed by atoms with E-state index in [0.29, 0.717) is 31.1 Å². The highest BCUT2D eigenvalue weighted by atomic mass is 32.1. The number of thiophene rings is 1. The van der Waals surface area contributed by atoms with E-state index in [0.717, 1.165) is 29.3 Å². The Hall–Kier alpha value is -2.49. The molecule has 0 radical (unpaired) electrons. The highest BCUT2D eigenvalue weighted by Gasteiger charge is 2.34. The summed E-state index contributed by atoms with van der Waals surface area (Å²) in [6.07, 6.45) is 3.45. The Kier molecular flexibility index (Phi) is 8.00. The molecule has 1 atom stereocenters. The second kappa shape index (κ2) is 10.7. The third-order valence-electron chi connectivity index (χ3n) is 5.90. The summed E-state index contributed by atoms with van der Waals surface area (Å²) in [4.78, 5) is 40.0. The Labute approximate surface area is 185 Å². The number of hydrogen-bond acceptors (Lipinski definition) is 6. The number of carbonyl (C=O) groups is 3. The highest BCUT2D eigenvalue weighted by molar-refractivity contribution is 7.17. The summed E-state index contributed by atoms with van der Waals surface area (Å²) in [6, 6.07) is 6.74. The van der Waals surface area contributed by atoms with Crippen molar-refractivity contribution in [2.75, 3.05) is 24.6 Å². The van der Waals surface area contributed by atoms with Crippen molar-refractivity contribution in [2.24, 2.45) is 5.92 Å². The number of hydrogen-bond donors (Lipinski definition) is 3. The van der Waals surface area contributed by atoms with Crippen molar-refractivity contribution in [2.45, 2.75) is 45.1 Å². The number of rotatable bonds is 8. The van der Waals surface area contributed by atoms with Crippen LogP contribution in [0.5, 0.6) is 0 Å². The molecule has 3 amide bonds. The molecule has 1 unspecified atom stereocenters. The number of carbonyl (C=O) groups excluding carboxylic acids is 3. The third-order valence-corrected chi connectivity index (χ3v) is 6.85. The maximum Gasteiger partial charge on any atom is 0.248 e. The van der Waals surface area contributed by atoms with Crippen LogP contribution >= 0.6 is 11.3 Å². The Morgan fingerprint density at radius 3 is 2.61 bits per heavy atom. The fourth-order valence-corrected chi connectivity index (χ4v) is 5.17. The number of aliphatic hydroxyl groups excluding tert-OH is 1. The van der Waals surface area contributed by atoms with Gasteiger partial charge in [0.25, 0.3) is 0 Å². The zero-order valence-electron chi connectivity index (χ0n) is 17.6. The molecule has 1 aliphatic rings. The molecule has 1 aromatic carbocycles. The Morgan fingerprint density at radius 1 is 1.26 bits per heavy atom. The lowest BCUT2D eigenvalue weighted by molar-refractivity contribution is -0.136. The van der Waals surface area contributed by atoms with E-state index in [4.69, 9.17) is 5.21 Å². The number of nitrogens with zero attached hydrogens (tertiary/aromatic N) is 2. The van der Waals surface area contributed by atoms with Gasteiger partial charge in [0.2, 0.25) is 17.7 Å². The molecule has 1 aliphatic heterocycles. The molecule has 1 aromatic heterocycles. The van der Waals surface area contributed by atoms with E-state index in [1.54, 1.807) is 10.4 Å². The van der Waals surface area contributed by atoms with Crippen molar-refractivity contribution in [3.05, 3.63) is 29.6 Å². The average Bonchev–Trinajstić information content (AvgIpc) is 3.20. The number of fused-ring (bicyclic) bond motifs is 1. The number of piperidine rings is 1. The summed E-state index contributed by atoms with van der Waals surface area (Å²) >= 11 is 1.50. The number of aliphatic hydroxyl groups is 1. The van der Waals surface area contributed by atoms with Gasteiger partial charge in [0.15, 0.2) is 0 Å². The van der Waals surface area contributed by atoms with Gasteiger partial charge in [0.05, 0.1) is 12.3 Å². The molecule has 1 saturated heterocycles. The van der Waals surface area contributed by atoms with Gasteiger partial charge in [-0.2, -0.15) is 0 Å². The zero-order chi connectivity index (χ0) is 22.4. The lowest BCUT2D eigenvalue weighted by Crippen LogP contribution is -2.54. The van der Waals surface area contributed by atoms with Gasteiger partial charge in [-0.25, -0.2) is 5.48 Å². The second-order valence-corrected chi connectivity index (χ2v) is 8.81. The van der Waals surface area contributed by atoms with Crippen LogP contribution in [0.4, 0.5) is 5.69 Å². The van der Waals surface area contributed by atoms with Gasteiger partial charge in [-0.3, -0.25) is 24.5 Å². The van der Waals surface area contributed by atoms with Crippen LogP contribution in [0, 0.1) is 5.92 Å². The van der Waals surface area contributed by atoms with Crippen LogP contribution in [-0.2, 0) is 14.4 Å². The van der Waals surface area contributed by atoms with Gasteiger partial charge in [0.1, 0.15) is 6.04 Å². The molecular weight excluding hydrogens is 418 g/mol. The summed E-state index contributed by atoms with van der Waals surface area (Å²) in [5.74, 6) is -0.504. The molecule has 0 bridgehead atoms. The summed E-state index contributed by atoms with van der Waals surface area (Å²) in [5.41, 5.74) is 2.29. The van der Waals surface area contributed by atoms with Gasteiger partial charge in [-0.15, -0.1) is 11.3 Å². The Balaban J connectivity index is 1.66. The number of benzene rings is 1. The summed E-state index contributed by atoms with van der Waals surface area (Å²) in [6.45, 7) is 2.08. The Bertz CT molecular complexity index is 923. The lowest BCUT2D eigenvalue weighted by atomic mass is 9.91. The van der Waals surface area contributed by atoms with Crippen molar-refractivity contribution in [3.8, 4) is 0 Å². The van der Waals surface area contributed by atoms with Gasteiger partial charge >= 0.3 is 0 Å². The van der Waals surface area contributed by atoms with E-state index in [-0.39, 0.29) is 24.1 Å². The fraction of sp³-hybridized carbons (Fsp3) is 0.500. The van der Waals surface area contributed by atoms with Crippen LogP contribution in [0.2, 0.25) is 0 Å². The molecule has 0 saturated carbocycles. The van der Waals surface area contributed by atoms with Crippen LogP contribution in [0.25, 0.3) is 10.1 Å². The first-order chi connectivity index (χ1) is 15.0. The molecule has 0 spiro atoms. The topological polar surface area (TPSA) is 110 Å². The molecule has 3 rings (SSSR count). The van der Waals surface area contributed by atoms with Crippen LogP contribution < -0.4 is 10.4 Å². The van der Waals surface area contributed by atoms with E-state index < -0.39 is 12.6 Å². The minimum Gasteiger partial charge on any atom is -0.394 e. The lowest BCUT2D eigenvalue weighted by Gasteiger charge is -2.37. The van der Waals surface area contributed by atoms with E-state index in [9.17, 15) is 19.5 Å². The van der Waals surface area contributed by atoms with Crippen molar-refractivity contribution in [1.29, 1.82) is 0 Å². The molecule has 0 aliphatic carbocycles. The van der Waals surface area contributed by atoms with E-state index in [1.165, 1.54) is 23.2 Å². The fourth-order valence-electron chi connectivity index (χ4n) is 4.24. The van der Waals surface area contributed by atoms with E-state index in [1.807, 2.05) is 29.6 Å². The average molecular weight is 448 g/mol. The molecule has 8 nitrogen and oxygen atoms in total. The molecule has 1 fully saturated rings. The highest BCUT2D eigenvalue weighted by Crippen LogP contribution is 2.34. The third kappa shape index (κ3) is 5.41. The number of nitrogens with one attached hydrogen (secondary N) is 1. The SMILES string of the molecule is CC(=O)N(c1csc2ccccc12)C(CO)C(=O)N1CCC(CCCC(=O)NO)CC1. The minimum absolute atomic E-state index is 0.244. The maximum absolute atomic E-state index is 13.3. The Morgan fingerprint density at radius 2 is 1.97 bits per heavy atom. The van der Waals surface area contributed by atoms with Crippen molar-refractivity contribution in [3.63, 3.8) is 0 Å². The largest absolute Gasteiger partial charge is 0.394 e. The number of anilines is 1. The first-order valence-electron chi connectivity index (χ1n) is 10.5. The van der Waals surface area contributed by atoms with Crippen molar-refractivity contribution in [1.82, 2.24) is 10.4 Å². The summed E-state index contributed by atoms with van der Waals surface area (Å²) in [7, 11) is 0. The number of hydroxylamine groups is 1. The quantitative estimate of drug-likeness (QED) is 0.425. The first kappa shape index (κ1) is 23.2. The summed E-state index contributed by atoms with van der Waals surface area (Å²) < 4.78 is 1.02. The molecule has 168 valence electrons. The van der Waals surface area contributed by atoms with Crippen LogP contribution in [0.15, 0.2) is 29.6 Å². The standard InChI is InChI=1S/C22H29N3O5S/c1-15(27)25(19-14-31-20-7-3-2-6-17(19)20)18(13-26)22(29)24-11-9-16(10-12-24)5-4-8-21(28)23-30/h2-3,6-7,14,16,18,26,30H,4-5,8-13H2,1H3,(H,23,28). The number of likely N-dealkylation sites (tertiary alicyclic amines) is 1. The van der Waals surface area contributed by atoms with Gasteiger partial charge in [-0.1, -0.05) is 18.2 Å². The molecule has 9 heteroatoms. The van der Waals surface area contributed by atoms with Gasteiger partial charge in [0, 0.05) is 41.9 Å². The van der Waals surface area contributed by atoms with Gasteiger partial charge < -0.3 is 10.0 Å². The van der Waals surface area contributed by atoms with Crippen LogP contribution in [0.1, 0.15) is 39.0 Å². The van der Waals surface area contributed by atoms with E-state index >= 15 is 0 Å². The molecule has 2 heterocycles. The zero-order valence-corrected chi connectivity index (χ0v) is 18.4. The monoisotopic (exact) mass is 447 g/mol. The van der Waals surface area contributed by atoms with Crippen molar-refractivity contribution < 1.29 is 24.7 Å².